The fourth-order valence-corrected chi connectivity index (χ4v) is 3.59. The Hall–Kier alpha value is -2.63. The van der Waals surface area contributed by atoms with E-state index in [9.17, 15) is 0 Å². The summed E-state index contributed by atoms with van der Waals surface area (Å²) in [5, 5.41) is 3.49. The van der Waals surface area contributed by atoms with Gasteiger partial charge in [-0.05, 0) is 13.0 Å². The van der Waals surface area contributed by atoms with E-state index >= 15 is 0 Å². The fourth-order valence-electron chi connectivity index (χ4n) is 3.59. The highest BCUT2D eigenvalue weighted by molar-refractivity contribution is 5.56. The molecule has 1 saturated heterocycles. The lowest BCUT2D eigenvalue weighted by Gasteiger charge is -2.36. The Kier molecular flexibility index (Phi) is 5.23. The van der Waals surface area contributed by atoms with Crippen molar-refractivity contribution < 1.29 is 9.15 Å². The van der Waals surface area contributed by atoms with Gasteiger partial charge in [0.15, 0.2) is 5.76 Å². The third kappa shape index (κ3) is 3.89. The van der Waals surface area contributed by atoms with Gasteiger partial charge in [0.2, 0.25) is 5.89 Å². The molecule has 0 saturated carbocycles. The second-order valence-electron chi connectivity index (χ2n) is 6.92. The van der Waals surface area contributed by atoms with Crippen molar-refractivity contribution in [3.05, 3.63) is 71.7 Å². The maximum Gasteiger partial charge on any atom is 0.209 e. The molecule has 5 heteroatoms. The molecular weight excluding hydrogens is 338 g/mol. The summed E-state index contributed by atoms with van der Waals surface area (Å²) in [5.74, 6) is 2.48. The number of ether oxygens (including phenoxy) is 1. The fraction of sp³-hybridized carbons (Fsp3) is 0.318. The van der Waals surface area contributed by atoms with Gasteiger partial charge in [-0.2, -0.15) is 0 Å². The Morgan fingerprint density at radius 3 is 2.81 bits per heavy atom. The lowest BCUT2D eigenvalue weighted by atomic mass is 10.0. The number of aryl methyl sites for hydroxylation is 1. The maximum absolute atomic E-state index is 6.05. The molecule has 1 aliphatic rings. The van der Waals surface area contributed by atoms with E-state index in [1.807, 2.05) is 18.3 Å². The van der Waals surface area contributed by atoms with Crippen LogP contribution >= 0.6 is 0 Å². The largest absolute Gasteiger partial charge is 0.496 e. The number of nitrogens with one attached hydrogen (secondary N) is 1. The van der Waals surface area contributed by atoms with Crippen LogP contribution in [0.4, 0.5) is 0 Å². The van der Waals surface area contributed by atoms with Gasteiger partial charge in [0.25, 0.3) is 0 Å². The predicted molar refractivity (Wildman–Crippen MR) is 106 cm³/mol. The number of oxazole rings is 1. The smallest absolute Gasteiger partial charge is 0.209 e. The Balaban J connectivity index is 1.54. The number of para-hydroxylation sites is 1. The zero-order valence-electron chi connectivity index (χ0n) is 15.8. The number of hydrogen-bond donors (Lipinski definition) is 1. The van der Waals surface area contributed by atoms with E-state index < -0.39 is 0 Å². The average Bonchev–Trinajstić information content (AvgIpc) is 3.17. The van der Waals surface area contributed by atoms with E-state index in [-0.39, 0.29) is 6.04 Å². The zero-order chi connectivity index (χ0) is 18.6. The molecule has 1 N–H and O–H groups in total. The van der Waals surface area contributed by atoms with E-state index in [0.717, 1.165) is 42.6 Å². The molecule has 5 nitrogen and oxygen atoms in total. The summed E-state index contributed by atoms with van der Waals surface area (Å²) in [4.78, 5) is 6.92. The van der Waals surface area contributed by atoms with E-state index in [4.69, 9.17) is 9.15 Å². The summed E-state index contributed by atoms with van der Waals surface area (Å²) in [7, 11) is 1.72. The first kappa shape index (κ1) is 17.8. The molecule has 0 radical (unpaired) electrons. The van der Waals surface area contributed by atoms with Crippen LogP contribution in [-0.2, 0) is 6.54 Å². The normalized spacial score (nSPS) is 17.8. The summed E-state index contributed by atoms with van der Waals surface area (Å²) in [6.07, 6.45) is 1.82. The van der Waals surface area contributed by atoms with Crippen LogP contribution in [0.1, 0.15) is 23.1 Å². The molecule has 0 aliphatic carbocycles. The van der Waals surface area contributed by atoms with E-state index in [0.29, 0.717) is 6.54 Å². The van der Waals surface area contributed by atoms with E-state index in [1.54, 1.807) is 7.11 Å². The van der Waals surface area contributed by atoms with Crippen LogP contribution in [0.3, 0.4) is 0 Å². The van der Waals surface area contributed by atoms with Crippen molar-refractivity contribution in [2.75, 3.05) is 26.7 Å². The van der Waals surface area contributed by atoms with Crippen LogP contribution in [0.5, 0.6) is 5.75 Å². The van der Waals surface area contributed by atoms with Crippen molar-refractivity contribution in [2.45, 2.75) is 19.5 Å². The minimum atomic E-state index is 0.227. The molecule has 4 rings (SSSR count). The molecular formula is C22H25N3O2. The molecule has 2 aromatic carbocycles. The van der Waals surface area contributed by atoms with Crippen LogP contribution in [-0.4, -0.2) is 36.6 Å². The molecule has 0 bridgehead atoms. The number of hydrogen-bond acceptors (Lipinski definition) is 5. The van der Waals surface area contributed by atoms with Gasteiger partial charge in [-0.3, -0.25) is 4.90 Å². The average molecular weight is 363 g/mol. The quantitative estimate of drug-likeness (QED) is 0.747. The molecule has 1 aliphatic heterocycles. The highest BCUT2D eigenvalue weighted by Gasteiger charge is 2.27. The van der Waals surface area contributed by atoms with Crippen molar-refractivity contribution >= 4 is 0 Å². The second kappa shape index (κ2) is 7.94. The van der Waals surface area contributed by atoms with Crippen molar-refractivity contribution in [1.82, 2.24) is 15.2 Å². The van der Waals surface area contributed by atoms with Crippen molar-refractivity contribution in [2.24, 2.45) is 0 Å². The Bertz CT molecular complexity index is 889. The minimum absolute atomic E-state index is 0.227. The summed E-state index contributed by atoms with van der Waals surface area (Å²) < 4.78 is 11.6. The Morgan fingerprint density at radius 2 is 2.00 bits per heavy atom. The molecule has 27 heavy (non-hydrogen) atoms. The van der Waals surface area contributed by atoms with Gasteiger partial charge >= 0.3 is 0 Å². The molecule has 2 heterocycles. The highest BCUT2D eigenvalue weighted by Crippen LogP contribution is 2.31. The number of benzene rings is 2. The van der Waals surface area contributed by atoms with Crippen molar-refractivity contribution in [3.8, 4) is 17.1 Å². The first-order valence-corrected chi connectivity index (χ1v) is 9.34. The van der Waals surface area contributed by atoms with Gasteiger partial charge in [0, 0.05) is 30.8 Å². The molecule has 1 fully saturated rings. The van der Waals surface area contributed by atoms with Crippen LogP contribution in [0.2, 0.25) is 0 Å². The monoisotopic (exact) mass is 363 g/mol. The summed E-state index contributed by atoms with van der Waals surface area (Å²) in [5.41, 5.74) is 3.48. The molecule has 0 spiro atoms. The van der Waals surface area contributed by atoms with Gasteiger partial charge in [0.1, 0.15) is 5.75 Å². The summed E-state index contributed by atoms with van der Waals surface area (Å²) in [6, 6.07) is 16.8. The number of piperazine rings is 1. The maximum atomic E-state index is 6.05. The third-order valence-electron chi connectivity index (χ3n) is 5.08. The van der Waals surface area contributed by atoms with Gasteiger partial charge in [-0.15, -0.1) is 0 Å². The van der Waals surface area contributed by atoms with Gasteiger partial charge in [-0.25, -0.2) is 4.98 Å². The van der Waals surface area contributed by atoms with Gasteiger partial charge in [0.05, 0.1) is 25.9 Å². The lowest BCUT2D eigenvalue weighted by molar-refractivity contribution is 0.138. The Labute approximate surface area is 160 Å². The van der Waals surface area contributed by atoms with E-state index in [2.05, 4.69) is 58.5 Å². The predicted octanol–water partition coefficient (Wildman–Crippen LogP) is 3.81. The first-order valence-electron chi connectivity index (χ1n) is 9.34. The minimum Gasteiger partial charge on any atom is -0.496 e. The molecule has 140 valence electrons. The summed E-state index contributed by atoms with van der Waals surface area (Å²) in [6.45, 7) is 5.53. The highest BCUT2D eigenvalue weighted by atomic mass is 16.5. The molecule has 1 unspecified atom stereocenters. The number of aromatic nitrogens is 1. The van der Waals surface area contributed by atoms with Gasteiger partial charge in [-0.1, -0.05) is 48.0 Å². The SMILES string of the molecule is COc1ccccc1C1CNCCN1Cc1ncc(-c2ccc(C)cc2)o1. The summed E-state index contributed by atoms with van der Waals surface area (Å²) >= 11 is 0. The Morgan fingerprint density at radius 1 is 1.19 bits per heavy atom. The topological polar surface area (TPSA) is 50.5 Å². The molecule has 1 atom stereocenters. The van der Waals surface area contributed by atoms with Crippen LogP contribution < -0.4 is 10.1 Å². The molecule has 3 aromatic rings. The first-order chi connectivity index (χ1) is 13.2. The zero-order valence-corrected chi connectivity index (χ0v) is 15.8. The lowest BCUT2D eigenvalue weighted by Crippen LogP contribution is -2.45. The van der Waals surface area contributed by atoms with E-state index in [1.165, 1.54) is 11.1 Å². The van der Waals surface area contributed by atoms with Gasteiger partial charge < -0.3 is 14.5 Å². The number of rotatable bonds is 5. The van der Waals surface area contributed by atoms with Crippen molar-refractivity contribution in [3.63, 3.8) is 0 Å². The molecule has 0 amide bonds. The number of nitrogens with zero attached hydrogens (tertiary/aromatic N) is 2. The van der Waals surface area contributed by atoms with Crippen LogP contribution in [0, 0.1) is 6.92 Å². The standard InChI is InChI=1S/C22H25N3O2/c1-16-7-9-17(10-8-16)21-14-24-22(27-21)15-25-12-11-23-13-19(25)18-5-3-4-6-20(18)26-2/h3-10,14,19,23H,11-13,15H2,1-2H3. The second-order valence-corrected chi connectivity index (χ2v) is 6.92. The van der Waals surface area contributed by atoms with Crippen LogP contribution in [0.25, 0.3) is 11.3 Å². The third-order valence-corrected chi connectivity index (χ3v) is 5.08. The van der Waals surface area contributed by atoms with Crippen molar-refractivity contribution in [1.29, 1.82) is 0 Å². The molecule has 1 aromatic heterocycles. The number of methoxy groups -OCH3 is 1. The van der Waals surface area contributed by atoms with Crippen LogP contribution in [0.15, 0.2) is 59.1 Å².